The maximum absolute atomic E-state index is 13.4. The lowest BCUT2D eigenvalue weighted by molar-refractivity contribution is -0.118. The third kappa shape index (κ3) is 3.24. The molecule has 0 spiro atoms. The normalized spacial score (nSPS) is 22.3. The Kier molecular flexibility index (Phi) is 4.27. The van der Waals surface area contributed by atoms with Crippen molar-refractivity contribution in [2.75, 3.05) is 5.43 Å². The van der Waals surface area contributed by atoms with Crippen molar-refractivity contribution in [2.45, 2.75) is 19.3 Å². The van der Waals surface area contributed by atoms with E-state index in [0.29, 0.717) is 46.2 Å². The van der Waals surface area contributed by atoms with Gasteiger partial charge in [-0.3, -0.25) is 9.59 Å². The molecule has 2 aliphatic rings. The first-order valence-electron chi connectivity index (χ1n) is 9.84. The number of nitrogens with zero attached hydrogens (tertiary/aromatic N) is 2. The number of carbonyl (C=O) groups excluding carboxylic acids is 1. The van der Waals surface area contributed by atoms with Gasteiger partial charge in [-0.25, -0.2) is 9.82 Å². The van der Waals surface area contributed by atoms with Crippen molar-refractivity contribution in [3.63, 3.8) is 0 Å². The molecule has 5 rings (SSSR count). The highest BCUT2D eigenvalue weighted by atomic mass is 19.1. The van der Waals surface area contributed by atoms with Crippen LogP contribution in [0, 0.1) is 23.6 Å². The highest BCUT2D eigenvalue weighted by molar-refractivity contribution is 5.94. The minimum atomic E-state index is -0.382. The van der Waals surface area contributed by atoms with Gasteiger partial charge in [-0.15, -0.1) is 9.89 Å². The predicted octanol–water partition coefficient (Wildman–Crippen LogP) is 3.88. The summed E-state index contributed by atoms with van der Waals surface area (Å²) >= 11 is 0. The summed E-state index contributed by atoms with van der Waals surface area (Å²) in [5, 5.41) is 5.51. The molecular weight excluding hydrogens is 369 g/mol. The van der Waals surface area contributed by atoms with Gasteiger partial charge in [0.25, 0.3) is 5.56 Å². The van der Waals surface area contributed by atoms with E-state index >= 15 is 0 Å². The average molecular weight is 389 g/mol. The first-order chi connectivity index (χ1) is 14.1. The van der Waals surface area contributed by atoms with E-state index in [4.69, 9.17) is 0 Å². The van der Waals surface area contributed by atoms with Crippen molar-refractivity contribution in [1.82, 2.24) is 9.89 Å². The fourth-order valence-corrected chi connectivity index (χ4v) is 4.62. The van der Waals surface area contributed by atoms with Crippen LogP contribution in [0.2, 0.25) is 0 Å². The van der Waals surface area contributed by atoms with Crippen LogP contribution in [0.25, 0.3) is 22.0 Å². The van der Waals surface area contributed by atoms with Crippen molar-refractivity contribution in [3.8, 4) is 11.3 Å². The molecule has 29 heavy (non-hydrogen) atoms. The summed E-state index contributed by atoms with van der Waals surface area (Å²) in [4.78, 5) is 26.5. The van der Waals surface area contributed by atoms with Crippen molar-refractivity contribution in [3.05, 3.63) is 76.9 Å². The fourth-order valence-electron chi connectivity index (χ4n) is 4.62. The molecule has 1 aromatic heterocycles. The third-order valence-corrected chi connectivity index (χ3v) is 6.02. The van der Waals surface area contributed by atoms with E-state index in [1.165, 1.54) is 12.1 Å². The Balaban J connectivity index is 1.49. The van der Waals surface area contributed by atoms with E-state index in [1.807, 2.05) is 6.07 Å². The van der Waals surface area contributed by atoms with Crippen LogP contribution in [0.5, 0.6) is 0 Å². The summed E-state index contributed by atoms with van der Waals surface area (Å²) in [7, 11) is 0. The number of amides is 1. The van der Waals surface area contributed by atoms with Crippen molar-refractivity contribution >= 4 is 16.7 Å². The van der Waals surface area contributed by atoms with E-state index in [2.05, 4.69) is 22.7 Å². The lowest BCUT2D eigenvalue weighted by Gasteiger charge is -2.18. The van der Waals surface area contributed by atoms with Crippen LogP contribution in [0.15, 0.2) is 65.5 Å². The van der Waals surface area contributed by atoms with E-state index in [-0.39, 0.29) is 17.3 Å². The maximum atomic E-state index is 13.4. The van der Waals surface area contributed by atoms with Crippen molar-refractivity contribution < 1.29 is 9.18 Å². The van der Waals surface area contributed by atoms with Crippen LogP contribution in [0.4, 0.5) is 4.39 Å². The molecule has 2 aromatic carbocycles. The number of halogens is 1. The third-order valence-electron chi connectivity index (χ3n) is 6.02. The van der Waals surface area contributed by atoms with Crippen LogP contribution in [0.3, 0.4) is 0 Å². The number of hydrogen-bond acceptors (Lipinski definition) is 3. The van der Waals surface area contributed by atoms with Gasteiger partial charge < -0.3 is 0 Å². The molecule has 5 nitrogen and oxygen atoms in total. The van der Waals surface area contributed by atoms with Gasteiger partial charge in [0.15, 0.2) is 0 Å². The van der Waals surface area contributed by atoms with Gasteiger partial charge in [-0.05, 0) is 60.9 Å². The Morgan fingerprint density at radius 2 is 1.83 bits per heavy atom. The molecule has 3 aromatic rings. The van der Waals surface area contributed by atoms with Gasteiger partial charge in [-0.2, -0.15) is 0 Å². The van der Waals surface area contributed by atoms with Gasteiger partial charge in [0.05, 0.1) is 5.39 Å². The van der Waals surface area contributed by atoms with E-state index in [1.54, 1.807) is 30.3 Å². The molecule has 2 aliphatic carbocycles. The molecule has 1 heterocycles. The molecule has 1 fully saturated rings. The highest BCUT2D eigenvalue weighted by Gasteiger charge is 2.36. The number of rotatable bonds is 4. The van der Waals surface area contributed by atoms with Gasteiger partial charge in [0.1, 0.15) is 11.5 Å². The van der Waals surface area contributed by atoms with Crippen LogP contribution >= 0.6 is 0 Å². The zero-order chi connectivity index (χ0) is 20.0. The van der Waals surface area contributed by atoms with E-state index in [0.717, 1.165) is 17.6 Å². The number of fused-ring (bicyclic) bond motifs is 3. The molecular formula is C23H20FN3O2. The maximum Gasteiger partial charge on any atom is 0.294 e. The van der Waals surface area contributed by atoms with Gasteiger partial charge in [0, 0.05) is 17.4 Å². The Labute approximate surface area is 166 Å². The number of nitrogens with one attached hydrogen (secondary N) is 1. The predicted molar refractivity (Wildman–Crippen MR) is 109 cm³/mol. The lowest BCUT2D eigenvalue weighted by atomic mass is 9.90. The lowest BCUT2D eigenvalue weighted by Crippen LogP contribution is -2.36. The quantitative estimate of drug-likeness (QED) is 0.689. The standard InChI is InChI=1S/C23H20FN3O2/c24-18-9-7-15(8-10-18)22-19-3-1-2-4-20(19)23(29)27(26-22)25-21(28)13-17-12-14-5-6-16(17)11-14/h1-10,14,16-17H,11-13H2,(H,25,28)/t14-,16+,17+/m1/s1. The number of carbonyl (C=O) groups is 1. The molecule has 1 N–H and O–H groups in total. The zero-order valence-corrected chi connectivity index (χ0v) is 15.7. The minimum absolute atomic E-state index is 0.217. The van der Waals surface area contributed by atoms with Crippen LogP contribution in [0.1, 0.15) is 19.3 Å². The highest BCUT2D eigenvalue weighted by Crippen LogP contribution is 2.44. The summed E-state index contributed by atoms with van der Waals surface area (Å²) in [5.74, 6) is 0.800. The summed E-state index contributed by atoms with van der Waals surface area (Å²) in [6.45, 7) is 0. The topological polar surface area (TPSA) is 64.0 Å². The number of allylic oxidation sites excluding steroid dienone is 2. The van der Waals surface area contributed by atoms with E-state index in [9.17, 15) is 14.0 Å². The number of aromatic nitrogens is 2. The number of benzene rings is 2. The van der Waals surface area contributed by atoms with Crippen molar-refractivity contribution in [2.24, 2.45) is 17.8 Å². The van der Waals surface area contributed by atoms with Gasteiger partial charge in [0.2, 0.25) is 5.91 Å². The first-order valence-corrected chi connectivity index (χ1v) is 9.84. The van der Waals surface area contributed by atoms with Crippen LogP contribution in [-0.4, -0.2) is 15.8 Å². The zero-order valence-electron chi connectivity index (χ0n) is 15.7. The van der Waals surface area contributed by atoms with Crippen molar-refractivity contribution in [1.29, 1.82) is 0 Å². The fraction of sp³-hybridized carbons (Fsp3) is 0.261. The molecule has 1 saturated carbocycles. The molecule has 0 saturated heterocycles. The largest absolute Gasteiger partial charge is 0.294 e. The SMILES string of the molecule is O=C(C[C@@H]1C[C@@H]2C=C[C@H]1C2)Nn1nc(-c2ccc(F)cc2)c2ccccc2c1=O. The summed E-state index contributed by atoms with van der Waals surface area (Å²) in [6, 6.07) is 13.0. The summed E-state index contributed by atoms with van der Waals surface area (Å²) in [5.41, 5.74) is 3.47. The molecule has 3 atom stereocenters. The Morgan fingerprint density at radius 1 is 1.07 bits per heavy atom. The van der Waals surface area contributed by atoms with Gasteiger partial charge >= 0.3 is 0 Å². The molecule has 0 aliphatic heterocycles. The van der Waals surface area contributed by atoms with Gasteiger partial charge in [-0.1, -0.05) is 30.4 Å². The second-order valence-corrected chi connectivity index (χ2v) is 7.90. The summed E-state index contributed by atoms with van der Waals surface area (Å²) in [6.07, 6.45) is 6.97. The Bertz CT molecular complexity index is 1180. The first kappa shape index (κ1) is 17.8. The van der Waals surface area contributed by atoms with Crippen LogP contribution < -0.4 is 11.0 Å². The van der Waals surface area contributed by atoms with E-state index < -0.39 is 0 Å². The molecule has 146 valence electrons. The number of hydrogen-bond donors (Lipinski definition) is 1. The second-order valence-electron chi connectivity index (χ2n) is 7.90. The second kappa shape index (κ2) is 6.95. The Hall–Kier alpha value is -3.28. The Morgan fingerprint density at radius 3 is 2.52 bits per heavy atom. The molecule has 2 bridgehead atoms. The minimum Gasteiger partial charge on any atom is -0.273 e. The average Bonchev–Trinajstić information content (AvgIpc) is 3.34. The molecule has 0 radical (unpaired) electrons. The summed E-state index contributed by atoms with van der Waals surface area (Å²) < 4.78 is 13.4. The molecule has 1 amide bonds. The smallest absolute Gasteiger partial charge is 0.273 e. The van der Waals surface area contributed by atoms with Crippen LogP contribution in [-0.2, 0) is 4.79 Å². The molecule has 0 unspecified atom stereocenters. The molecule has 6 heteroatoms. The monoisotopic (exact) mass is 389 g/mol.